The minimum Gasteiger partial charge on any atom is -0.324 e. The van der Waals surface area contributed by atoms with Crippen LogP contribution in [0.1, 0.15) is 18.5 Å². The van der Waals surface area contributed by atoms with E-state index >= 15 is 0 Å². The van der Waals surface area contributed by atoms with Crippen molar-refractivity contribution in [2.75, 3.05) is 12.4 Å². The van der Waals surface area contributed by atoms with Crippen molar-refractivity contribution in [2.24, 2.45) is 5.73 Å². The molecule has 0 saturated heterocycles. The van der Waals surface area contributed by atoms with Crippen LogP contribution in [0.2, 0.25) is 0 Å². The molecule has 1 aromatic carbocycles. The Kier molecular flexibility index (Phi) is 5.30. The number of rotatable bonds is 5. The molecule has 0 heterocycles. The fraction of sp³-hybridized carbons (Fsp3) is 0.455. The van der Waals surface area contributed by atoms with Gasteiger partial charge in [-0.25, -0.2) is 0 Å². The van der Waals surface area contributed by atoms with Crippen LogP contribution >= 0.6 is 11.8 Å². The van der Waals surface area contributed by atoms with E-state index in [-0.39, 0.29) is 18.4 Å². The summed E-state index contributed by atoms with van der Waals surface area (Å²) >= 11 is 1.31. The van der Waals surface area contributed by atoms with Crippen molar-refractivity contribution < 1.29 is 17.9 Å². The molecule has 1 unspecified atom stereocenters. The second kappa shape index (κ2) is 6.28. The zero-order chi connectivity index (χ0) is 12.9. The van der Waals surface area contributed by atoms with Gasteiger partial charge < -0.3 is 5.73 Å². The summed E-state index contributed by atoms with van der Waals surface area (Å²) < 4.78 is 38.8. The highest BCUT2D eigenvalue weighted by Crippen LogP contribution is 2.23. The molecule has 0 fully saturated rings. The molecule has 1 aromatic rings. The fourth-order valence-corrected chi connectivity index (χ4v) is 2.00. The lowest BCUT2D eigenvalue weighted by Crippen LogP contribution is -2.15. The van der Waals surface area contributed by atoms with Crippen molar-refractivity contribution in [3.8, 4) is 0 Å². The van der Waals surface area contributed by atoms with E-state index in [2.05, 4.69) is 4.74 Å². The van der Waals surface area contributed by atoms with E-state index in [0.29, 0.717) is 0 Å². The van der Waals surface area contributed by atoms with Gasteiger partial charge >= 0.3 is 6.36 Å². The van der Waals surface area contributed by atoms with E-state index in [1.807, 2.05) is 31.2 Å². The highest BCUT2D eigenvalue weighted by Gasteiger charge is 2.28. The van der Waals surface area contributed by atoms with Crippen LogP contribution in [-0.4, -0.2) is 18.7 Å². The Morgan fingerprint density at radius 1 is 1.41 bits per heavy atom. The third-order valence-electron chi connectivity index (χ3n) is 2.00. The molecule has 0 spiro atoms. The Labute approximate surface area is 102 Å². The lowest BCUT2D eigenvalue weighted by Gasteiger charge is -2.09. The SMILES string of the molecule is CC(N)c1cccc(SCCOC(F)(F)F)c1. The molecule has 0 radical (unpaired) electrons. The summed E-state index contributed by atoms with van der Waals surface area (Å²) in [6, 6.07) is 7.36. The van der Waals surface area contributed by atoms with Crippen molar-refractivity contribution in [2.45, 2.75) is 24.2 Å². The van der Waals surface area contributed by atoms with E-state index in [1.165, 1.54) is 11.8 Å². The maximum Gasteiger partial charge on any atom is 0.522 e. The maximum atomic E-state index is 11.7. The molecule has 0 amide bonds. The van der Waals surface area contributed by atoms with Gasteiger partial charge in [-0.2, -0.15) is 0 Å². The summed E-state index contributed by atoms with van der Waals surface area (Å²) in [7, 11) is 0. The second-order valence-corrected chi connectivity index (χ2v) is 4.67. The zero-order valence-corrected chi connectivity index (χ0v) is 10.1. The maximum absolute atomic E-state index is 11.7. The van der Waals surface area contributed by atoms with Gasteiger partial charge in [0.1, 0.15) is 0 Å². The zero-order valence-electron chi connectivity index (χ0n) is 9.33. The van der Waals surface area contributed by atoms with Crippen molar-refractivity contribution in [3.63, 3.8) is 0 Å². The number of benzene rings is 1. The van der Waals surface area contributed by atoms with Crippen LogP contribution in [0.5, 0.6) is 0 Å². The van der Waals surface area contributed by atoms with Crippen molar-refractivity contribution in [3.05, 3.63) is 29.8 Å². The topological polar surface area (TPSA) is 35.2 Å². The number of halogens is 3. The molecule has 17 heavy (non-hydrogen) atoms. The summed E-state index contributed by atoms with van der Waals surface area (Å²) in [5.41, 5.74) is 6.68. The number of thioether (sulfide) groups is 1. The van der Waals surface area contributed by atoms with Crippen LogP contribution < -0.4 is 5.73 Å². The lowest BCUT2D eigenvalue weighted by atomic mass is 10.1. The molecule has 2 N–H and O–H groups in total. The van der Waals surface area contributed by atoms with Crippen LogP contribution in [0.4, 0.5) is 13.2 Å². The molecule has 0 aliphatic heterocycles. The van der Waals surface area contributed by atoms with Crippen molar-refractivity contribution in [1.82, 2.24) is 0 Å². The molecule has 6 heteroatoms. The van der Waals surface area contributed by atoms with E-state index in [1.54, 1.807) is 0 Å². The van der Waals surface area contributed by atoms with E-state index in [9.17, 15) is 13.2 Å². The number of ether oxygens (including phenoxy) is 1. The van der Waals surface area contributed by atoms with E-state index in [0.717, 1.165) is 10.5 Å². The lowest BCUT2D eigenvalue weighted by molar-refractivity contribution is -0.322. The molecular weight excluding hydrogens is 251 g/mol. The van der Waals surface area contributed by atoms with Gasteiger partial charge in [0.15, 0.2) is 0 Å². The van der Waals surface area contributed by atoms with E-state index < -0.39 is 6.36 Å². The smallest absolute Gasteiger partial charge is 0.324 e. The average Bonchev–Trinajstić information content (AvgIpc) is 2.23. The Morgan fingerprint density at radius 2 is 2.12 bits per heavy atom. The summed E-state index contributed by atoms with van der Waals surface area (Å²) in [6.07, 6.45) is -4.55. The Morgan fingerprint density at radius 3 is 2.71 bits per heavy atom. The molecule has 0 saturated carbocycles. The Bertz CT molecular complexity index is 355. The summed E-state index contributed by atoms with van der Waals surface area (Å²) in [4.78, 5) is 0.894. The van der Waals surface area contributed by atoms with Crippen LogP contribution in [-0.2, 0) is 4.74 Å². The van der Waals surface area contributed by atoms with Crippen LogP contribution in [0.25, 0.3) is 0 Å². The molecule has 1 rings (SSSR count). The Balaban J connectivity index is 2.39. The average molecular weight is 265 g/mol. The third kappa shape index (κ3) is 5.95. The standard InChI is InChI=1S/C11H14F3NOS/c1-8(15)9-3-2-4-10(7-9)17-6-5-16-11(12,13)14/h2-4,7-8H,5-6,15H2,1H3. The van der Waals surface area contributed by atoms with Gasteiger partial charge in [-0.1, -0.05) is 12.1 Å². The number of alkyl halides is 3. The summed E-state index contributed by atoms with van der Waals surface area (Å²) in [5, 5.41) is 0. The van der Waals surface area contributed by atoms with Crippen molar-refractivity contribution >= 4 is 11.8 Å². The van der Waals surface area contributed by atoms with Gasteiger partial charge in [-0.15, -0.1) is 24.9 Å². The number of nitrogens with two attached hydrogens (primary N) is 1. The predicted molar refractivity (Wildman–Crippen MR) is 61.8 cm³/mol. The first kappa shape index (κ1) is 14.3. The molecular formula is C11H14F3NOS. The molecule has 0 aliphatic carbocycles. The predicted octanol–water partition coefficient (Wildman–Crippen LogP) is 3.33. The van der Waals surface area contributed by atoms with Crippen LogP contribution in [0.15, 0.2) is 29.2 Å². The van der Waals surface area contributed by atoms with Gasteiger partial charge in [0.05, 0.1) is 6.61 Å². The number of hydrogen-bond donors (Lipinski definition) is 1. The minimum absolute atomic E-state index is 0.0815. The fourth-order valence-electron chi connectivity index (χ4n) is 1.20. The molecule has 2 nitrogen and oxygen atoms in total. The summed E-state index contributed by atoms with van der Waals surface area (Å²) in [5.74, 6) is 0.252. The normalized spacial score (nSPS) is 13.7. The minimum atomic E-state index is -4.55. The first-order valence-electron chi connectivity index (χ1n) is 5.07. The van der Waals surface area contributed by atoms with Gasteiger partial charge in [0, 0.05) is 16.7 Å². The third-order valence-corrected chi connectivity index (χ3v) is 2.96. The van der Waals surface area contributed by atoms with Gasteiger partial charge in [0.2, 0.25) is 0 Å². The summed E-state index contributed by atoms with van der Waals surface area (Å²) in [6.45, 7) is 1.51. The molecule has 0 bridgehead atoms. The van der Waals surface area contributed by atoms with Gasteiger partial charge in [-0.05, 0) is 24.6 Å². The Hall–Kier alpha value is -0.720. The van der Waals surface area contributed by atoms with Gasteiger partial charge in [0.25, 0.3) is 0 Å². The van der Waals surface area contributed by atoms with E-state index in [4.69, 9.17) is 5.73 Å². The monoisotopic (exact) mass is 265 g/mol. The molecule has 96 valence electrons. The highest BCUT2D eigenvalue weighted by molar-refractivity contribution is 7.99. The first-order chi connectivity index (χ1) is 7.88. The number of hydrogen-bond acceptors (Lipinski definition) is 3. The van der Waals surface area contributed by atoms with Gasteiger partial charge in [-0.3, -0.25) is 4.74 Å². The first-order valence-corrected chi connectivity index (χ1v) is 6.06. The molecule has 0 aliphatic rings. The molecule has 1 atom stereocenters. The van der Waals surface area contributed by atoms with Crippen LogP contribution in [0.3, 0.4) is 0 Å². The second-order valence-electron chi connectivity index (χ2n) is 3.50. The van der Waals surface area contributed by atoms with Crippen LogP contribution in [0, 0.1) is 0 Å². The van der Waals surface area contributed by atoms with Crippen molar-refractivity contribution in [1.29, 1.82) is 0 Å². The quantitative estimate of drug-likeness (QED) is 0.655. The largest absolute Gasteiger partial charge is 0.522 e. The molecule has 0 aromatic heterocycles. The highest BCUT2D eigenvalue weighted by atomic mass is 32.2.